The molecule has 0 spiro atoms. The van der Waals surface area contributed by atoms with Gasteiger partial charge in [0.05, 0.1) is 0 Å². The van der Waals surface area contributed by atoms with Gasteiger partial charge in [0.2, 0.25) is 11.5 Å². The smallest absolute Gasteiger partial charge is 0.291 e. The van der Waals surface area contributed by atoms with Gasteiger partial charge in [-0.2, -0.15) is 0 Å². The molecule has 1 aliphatic heterocycles. The number of nitrogen functional groups attached to an aromatic ring is 1. The highest BCUT2D eigenvalue weighted by atomic mass is 16.6. The van der Waals surface area contributed by atoms with Crippen molar-refractivity contribution < 1.29 is 9.42 Å². The molecule has 1 aromatic rings. The molecule has 0 bridgehead atoms. The molecule has 8 nitrogen and oxygen atoms in total. The topological polar surface area (TPSA) is 101 Å². The van der Waals surface area contributed by atoms with Crippen molar-refractivity contribution in [2.75, 3.05) is 39.0 Å². The van der Waals surface area contributed by atoms with Crippen molar-refractivity contribution in [2.24, 2.45) is 0 Å². The Morgan fingerprint density at radius 2 is 2.06 bits per heavy atom. The maximum absolute atomic E-state index is 11.7. The van der Waals surface area contributed by atoms with Crippen molar-refractivity contribution in [2.45, 2.75) is 0 Å². The van der Waals surface area contributed by atoms with E-state index in [2.05, 4.69) is 25.3 Å². The summed E-state index contributed by atoms with van der Waals surface area (Å²) in [5.74, 6) is -0.380. The van der Waals surface area contributed by atoms with Crippen LogP contribution in [0.4, 0.5) is 5.82 Å². The monoisotopic (exact) mass is 226 g/mol. The number of aromatic nitrogens is 2. The summed E-state index contributed by atoms with van der Waals surface area (Å²) in [7, 11) is 2.04. The summed E-state index contributed by atoms with van der Waals surface area (Å²) < 4.78 is 4.36. The van der Waals surface area contributed by atoms with Gasteiger partial charge < -0.3 is 10.6 Å². The van der Waals surface area contributed by atoms with Crippen molar-refractivity contribution in [3.8, 4) is 0 Å². The third kappa shape index (κ3) is 2.28. The number of hydrogen-bond donors (Lipinski definition) is 2. The number of piperazine rings is 1. The molecule has 1 amide bonds. The molecule has 88 valence electrons. The van der Waals surface area contributed by atoms with Gasteiger partial charge in [-0.1, -0.05) is 0 Å². The number of amides is 1. The van der Waals surface area contributed by atoms with E-state index in [1.165, 1.54) is 0 Å². The van der Waals surface area contributed by atoms with Gasteiger partial charge in [-0.05, 0) is 17.4 Å². The SMILES string of the molecule is CN1CCN(NC(=O)c2nonc2N)CC1. The number of nitrogens with one attached hydrogen (secondary N) is 1. The Labute approximate surface area is 92.3 Å². The van der Waals surface area contributed by atoms with Gasteiger partial charge in [0.25, 0.3) is 5.91 Å². The number of carbonyl (C=O) groups is 1. The predicted molar refractivity (Wildman–Crippen MR) is 55.2 cm³/mol. The second-order valence-electron chi connectivity index (χ2n) is 3.73. The van der Waals surface area contributed by atoms with Crippen LogP contribution in [0, 0.1) is 0 Å². The zero-order valence-electron chi connectivity index (χ0n) is 9.01. The van der Waals surface area contributed by atoms with Crippen LogP contribution in [0.5, 0.6) is 0 Å². The van der Waals surface area contributed by atoms with Gasteiger partial charge >= 0.3 is 0 Å². The Morgan fingerprint density at radius 1 is 1.38 bits per heavy atom. The molecular formula is C8H14N6O2. The molecule has 0 aliphatic carbocycles. The summed E-state index contributed by atoms with van der Waals surface area (Å²) >= 11 is 0. The molecule has 8 heteroatoms. The van der Waals surface area contributed by atoms with E-state index in [9.17, 15) is 4.79 Å². The zero-order chi connectivity index (χ0) is 11.5. The van der Waals surface area contributed by atoms with Gasteiger partial charge in [0.15, 0.2) is 0 Å². The van der Waals surface area contributed by atoms with Crippen LogP contribution in [0.15, 0.2) is 4.63 Å². The fourth-order valence-corrected chi connectivity index (χ4v) is 1.47. The first-order chi connectivity index (χ1) is 7.66. The molecule has 2 heterocycles. The first kappa shape index (κ1) is 10.8. The second kappa shape index (κ2) is 4.45. The predicted octanol–water partition coefficient (Wildman–Crippen LogP) is -1.46. The van der Waals surface area contributed by atoms with Crippen molar-refractivity contribution in [1.29, 1.82) is 0 Å². The third-order valence-corrected chi connectivity index (χ3v) is 2.49. The largest absolute Gasteiger partial charge is 0.379 e. The van der Waals surface area contributed by atoms with Crippen molar-refractivity contribution in [1.82, 2.24) is 25.6 Å². The van der Waals surface area contributed by atoms with E-state index in [4.69, 9.17) is 5.73 Å². The van der Waals surface area contributed by atoms with E-state index in [1.807, 2.05) is 12.1 Å². The molecule has 3 N–H and O–H groups in total. The summed E-state index contributed by atoms with van der Waals surface area (Å²) in [5, 5.41) is 8.61. The highest BCUT2D eigenvalue weighted by Gasteiger charge is 2.20. The van der Waals surface area contributed by atoms with Crippen molar-refractivity contribution in [3.05, 3.63) is 5.69 Å². The number of likely N-dealkylation sites (N-methyl/N-ethyl adjacent to an activating group) is 1. The zero-order valence-corrected chi connectivity index (χ0v) is 9.01. The van der Waals surface area contributed by atoms with Crippen LogP contribution in [0.25, 0.3) is 0 Å². The lowest BCUT2D eigenvalue weighted by Gasteiger charge is -2.32. The highest BCUT2D eigenvalue weighted by molar-refractivity contribution is 5.95. The van der Waals surface area contributed by atoms with E-state index in [-0.39, 0.29) is 17.4 Å². The maximum Gasteiger partial charge on any atom is 0.291 e. The Bertz CT molecular complexity index is 370. The Kier molecular flexibility index (Phi) is 3.02. The van der Waals surface area contributed by atoms with Gasteiger partial charge in [-0.15, -0.1) is 0 Å². The molecule has 1 aliphatic rings. The lowest BCUT2D eigenvalue weighted by molar-refractivity contribution is 0.0654. The number of rotatable bonds is 2. The quantitative estimate of drug-likeness (QED) is 0.635. The molecule has 0 unspecified atom stereocenters. The molecular weight excluding hydrogens is 212 g/mol. The fraction of sp³-hybridized carbons (Fsp3) is 0.625. The lowest BCUT2D eigenvalue weighted by atomic mass is 10.4. The summed E-state index contributed by atoms with van der Waals surface area (Å²) in [5.41, 5.74) is 8.15. The summed E-state index contributed by atoms with van der Waals surface area (Å²) in [6.07, 6.45) is 0. The highest BCUT2D eigenvalue weighted by Crippen LogP contribution is 2.04. The van der Waals surface area contributed by atoms with Crippen LogP contribution in [-0.2, 0) is 0 Å². The van der Waals surface area contributed by atoms with Crippen molar-refractivity contribution in [3.63, 3.8) is 0 Å². The minimum atomic E-state index is -0.386. The summed E-state index contributed by atoms with van der Waals surface area (Å²) in [4.78, 5) is 13.9. The Hall–Kier alpha value is -1.67. The number of anilines is 1. The Morgan fingerprint density at radius 3 is 2.62 bits per heavy atom. The van der Waals surface area contributed by atoms with Crippen LogP contribution in [-0.4, -0.2) is 59.4 Å². The van der Waals surface area contributed by atoms with E-state index in [0.717, 1.165) is 26.2 Å². The normalized spacial score (nSPS) is 18.6. The van der Waals surface area contributed by atoms with Crippen LogP contribution >= 0.6 is 0 Å². The molecule has 16 heavy (non-hydrogen) atoms. The second-order valence-corrected chi connectivity index (χ2v) is 3.73. The molecule has 1 aromatic heterocycles. The van der Waals surface area contributed by atoms with Crippen LogP contribution < -0.4 is 11.2 Å². The minimum Gasteiger partial charge on any atom is -0.379 e. The number of nitrogens with two attached hydrogens (primary N) is 1. The first-order valence-corrected chi connectivity index (χ1v) is 4.99. The van der Waals surface area contributed by atoms with E-state index in [0.29, 0.717) is 0 Å². The summed E-state index contributed by atoms with van der Waals surface area (Å²) in [6, 6.07) is 0. The molecule has 0 radical (unpaired) electrons. The average molecular weight is 226 g/mol. The minimum absolute atomic E-state index is 0.00614. The van der Waals surface area contributed by atoms with Crippen LogP contribution in [0.2, 0.25) is 0 Å². The van der Waals surface area contributed by atoms with Crippen molar-refractivity contribution >= 4 is 11.7 Å². The van der Waals surface area contributed by atoms with E-state index in [1.54, 1.807) is 0 Å². The average Bonchev–Trinajstić information content (AvgIpc) is 2.68. The van der Waals surface area contributed by atoms with E-state index < -0.39 is 0 Å². The molecule has 1 fully saturated rings. The van der Waals surface area contributed by atoms with Gasteiger partial charge in [0.1, 0.15) is 0 Å². The first-order valence-electron chi connectivity index (χ1n) is 4.99. The van der Waals surface area contributed by atoms with Crippen LogP contribution in [0.3, 0.4) is 0 Å². The Balaban J connectivity index is 1.91. The molecule has 1 saturated heterocycles. The molecule has 0 aromatic carbocycles. The maximum atomic E-state index is 11.7. The number of hydrogen-bond acceptors (Lipinski definition) is 7. The number of carbonyl (C=O) groups excluding carboxylic acids is 1. The standard InChI is InChI=1S/C8H14N6O2/c1-13-2-4-14(5-3-13)10-8(15)6-7(9)12-16-11-6/h2-5H2,1H3,(H2,9,12)(H,10,15). The number of nitrogens with zero attached hydrogens (tertiary/aromatic N) is 4. The summed E-state index contributed by atoms with van der Waals surface area (Å²) in [6.45, 7) is 3.36. The van der Waals surface area contributed by atoms with Gasteiger partial charge in [-0.3, -0.25) is 10.2 Å². The molecule has 2 rings (SSSR count). The number of hydrazine groups is 1. The fourth-order valence-electron chi connectivity index (χ4n) is 1.47. The molecule has 0 atom stereocenters. The van der Waals surface area contributed by atoms with Crippen LogP contribution in [0.1, 0.15) is 10.5 Å². The third-order valence-electron chi connectivity index (χ3n) is 2.49. The lowest BCUT2D eigenvalue weighted by Crippen LogP contribution is -2.52. The molecule has 0 saturated carbocycles. The van der Waals surface area contributed by atoms with Gasteiger partial charge in [-0.25, -0.2) is 9.64 Å². The van der Waals surface area contributed by atoms with E-state index >= 15 is 0 Å². The van der Waals surface area contributed by atoms with Gasteiger partial charge in [0, 0.05) is 26.2 Å².